The Hall–Kier alpha value is -2.93. The number of hydrogen-bond donors (Lipinski definition) is 2. The Kier molecular flexibility index (Phi) is 3.94. The average molecular weight is 341 g/mol. The van der Waals surface area contributed by atoms with Crippen LogP contribution >= 0.6 is 0 Å². The second kappa shape index (κ2) is 5.93. The summed E-state index contributed by atoms with van der Waals surface area (Å²) in [7, 11) is -3.68. The number of pyridine rings is 1. The molecule has 0 atom stereocenters. The van der Waals surface area contributed by atoms with Crippen LogP contribution in [0.15, 0.2) is 59.6 Å². The third-order valence-electron chi connectivity index (χ3n) is 3.69. The molecular formula is C17H15N3O3S. The van der Waals surface area contributed by atoms with Crippen LogP contribution in [0.4, 0.5) is 5.69 Å². The van der Waals surface area contributed by atoms with Crippen molar-refractivity contribution in [3.63, 3.8) is 0 Å². The highest BCUT2D eigenvalue weighted by molar-refractivity contribution is 7.92. The lowest BCUT2D eigenvalue weighted by Gasteiger charge is -2.12. The fourth-order valence-corrected chi connectivity index (χ4v) is 3.54. The zero-order valence-corrected chi connectivity index (χ0v) is 13.7. The molecule has 0 saturated heterocycles. The Morgan fingerprint density at radius 1 is 1.12 bits per heavy atom. The summed E-state index contributed by atoms with van der Waals surface area (Å²) in [5, 5.41) is 0.714. The molecule has 0 radical (unpaired) electrons. The molecule has 1 amide bonds. The first-order valence-electron chi connectivity index (χ1n) is 7.15. The molecule has 0 aliphatic heterocycles. The van der Waals surface area contributed by atoms with Crippen molar-refractivity contribution in [3.05, 3.63) is 65.9 Å². The number of nitrogens with one attached hydrogen (secondary N) is 1. The fraction of sp³-hybridized carbons (Fsp3) is 0.0588. The fourth-order valence-electron chi connectivity index (χ4n) is 2.40. The topological polar surface area (TPSA) is 102 Å². The largest absolute Gasteiger partial charge is 0.366 e. The molecule has 122 valence electrons. The van der Waals surface area contributed by atoms with Crippen LogP contribution in [-0.4, -0.2) is 19.3 Å². The van der Waals surface area contributed by atoms with E-state index in [9.17, 15) is 13.2 Å². The summed E-state index contributed by atoms with van der Waals surface area (Å²) in [6, 6.07) is 13.1. The van der Waals surface area contributed by atoms with E-state index in [0.29, 0.717) is 27.7 Å². The molecule has 3 aromatic rings. The normalized spacial score (nSPS) is 11.4. The Morgan fingerprint density at radius 3 is 2.50 bits per heavy atom. The van der Waals surface area contributed by atoms with E-state index < -0.39 is 15.9 Å². The van der Waals surface area contributed by atoms with Crippen LogP contribution in [0.3, 0.4) is 0 Å². The number of rotatable bonds is 4. The molecule has 0 aliphatic carbocycles. The number of fused-ring (bicyclic) bond motifs is 1. The molecule has 7 heteroatoms. The first-order chi connectivity index (χ1) is 11.4. The summed E-state index contributed by atoms with van der Waals surface area (Å²) in [6.07, 6.45) is 1.38. The zero-order valence-electron chi connectivity index (χ0n) is 12.9. The van der Waals surface area contributed by atoms with Crippen LogP contribution < -0.4 is 10.5 Å². The van der Waals surface area contributed by atoms with E-state index in [4.69, 9.17) is 5.73 Å². The Labute approximate surface area is 139 Å². The number of aromatic nitrogens is 1. The number of primary amides is 1. The van der Waals surface area contributed by atoms with Gasteiger partial charge in [0.05, 0.1) is 21.7 Å². The molecule has 2 aromatic carbocycles. The van der Waals surface area contributed by atoms with Crippen LogP contribution in [0.2, 0.25) is 0 Å². The van der Waals surface area contributed by atoms with E-state index in [-0.39, 0.29) is 4.90 Å². The number of carbonyl (C=O) groups is 1. The van der Waals surface area contributed by atoms with Crippen molar-refractivity contribution in [2.75, 3.05) is 4.72 Å². The number of benzene rings is 2. The lowest BCUT2D eigenvalue weighted by molar-refractivity contribution is 0.1000. The average Bonchev–Trinajstić information content (AvgIpc) is 2.58. The molecule has 1 aromatic heterocycles. The van der Waals surface area contributed by atoms with Gasteiger partial charge in [-0.15, -0.1) is 0 Å². The van der Waals surface area contributed by atoms with Crippen LogP contribution in [0.25, 0.3) is 10.9 Å². The van der Waals surface area contributed by atoms with Gasteiger partial charge in [0, 0.05) is 11.6 Å². The minimum Gasteiger partial charge on any atom is -0.366 e. The van der Waals surface area contributed by atoms with Crippen molar-refractivity contribution in [1.29, 1.82) is 0 Å². The lowest BCUT2D eigenvalue weighted by atomic mass is 10.1. The molecular weight excluding hydrogens is 326 g/mol. The third kappa shape index (κ3) is 2.93. The highest BCUT2D eigenvalue weighted by Crippen LogP contribution is 2.26. The molecule has 0 aliphatic rings. The van der Waals surface area contributed by atoms with Gasteiger partial charge in [0.1, 0.15) is 0 Å². The van der Waals surface area contributed by atoms with E-state index in [1.807, 2.05) is 0 Å². The number of sulfonamides is 1. The van der Waals surface area contributed by atoms with Crippen molar-refractivity contribution >= 4 is 32.5 Å². The highest BCUT2D eigenvalue weighted by Gasteiger charge is 2.16. The molecule has 0 fully saturated rings. The second-order valence-electron chi connectivity index (χ2n) is 5.32. The Morgan fingerprint density at radius 2 is 1.83 bits per heavy atom. The number of aryl methyl sites for hydroxylation is 1. The van der Waals surface area contributed by atoms with Crippen molar-refractivity contribution < 1.29 is 13.2 Å². The van der Waals surface area contributed by atoms with E-state index in [0.717, 1.165) is 0 Å². The lowest BCUT2D eigenvalue weighted by Crippen LogP contribution is -2.14. The summed E-state index contributed by atoms with van der Waals surface area (Å²) in [5.74, 6) is -0.559. The summed E-state index contributed by atoms with van der Waals surface area (Å²) in [4.78, 5) is 15.6. The molecule has 0 saturated carbocycles. The van der Waals surface area contributed by atoms with Crippen molar-refractivity contribution in [2.45, 2.75) is 11.8 Å². The maximum atomic E-state index is 12.4. The van der Waals surface area contributed by atoms with Gasteiger partial charge in [-0.25, -0.2) is 8.42 Å². The van der Waals surface area contributed by atoms with E-state index in [1.165, 1.54) is 18.3 Å². The van der Waals surface area contributed by atoms with Gasteiger partial charge in [-0.1, -0.05) is 24.3 Å². The van der Waals surface area contributed by atoms with Gasteiger partial charge < -0.3 is 5.73 Å². The minimum atomic E-state index is -3.68. The van der Waals surface area contributed by atoms with Crippen molar-refractivity contribution in [3.8, 4) is 0 Å². The molecule has 6 nitrogen and oxygen atoms in total. The monoisotopic (exact) mass is 341 g/mol. The zero-order chi connectivity index (χ0) is 17.3. The molecule has 3 N–H and O–H groups in total. The summed E-state index contributed by atoms with van der Waals surface area (Å²) in [6.45, 7) is 1.77. The van der Waals surface area contributed by atoms with Crippen LogP contribution in [-0.2, 0) is 10.0 Å². The van der Waals surface area contributed by atoms with E-state index in [1.54, 1.807) is 43.3 Å². The van der Waals surface area contributed by atoms with Crippen LogP contribution in [0.1, 0.15) is 15.9 Å². The number of nitrogens with zero attached hydrogens (tertiary/aromatic N) is 1. The maximum Gasteiger partial charge on any atom is 0.261 e. The first kappa shape index (κ1) is 15.9. The minimum absolute atomic E-state index is 0.182. The second-order valence-corrected chi connectivity index (χ2v) is 7.00. The number of amides is 1. The summed E-state index contributed by atoms with van der Waals surface area (Å²) < 4.78 is 27.5. The van der Waals surface area contributed by atoms with Gasteiger partial charge >= 0.3 is 0 Å². The molecule has 0 bridgehead atoms. The van der Waals surface area contributed by atoms with Gasteiger partial charge in [0.25, 0.3) is 10.0 Å². The van der Waals surface area contributed by atoms with Gasteiger partial charge in [0.15, 0.2) is 0 Å². The smallest absolute Gasteiger partial charge is 0.261 e. The first-order valence-corrected chi connectivity index (χ1v) is 8.64. The number of anilines is 1. The van der Waals surface area contributed by atoms with Crippen LogP contribution in [0, 0.1) is 6.92 Å². The quantitative estimate of drug-likeness (QED) is 0.761. The number of nitrogens with two attached hydrogens (primary N) is 1. The molecule has 0 unspecified atom stereocenters. The van der Waals surface area contributed by atoms with Gasteiger partial charge in [0.2, 0.25) is 5.91 Å². The molecule has 24 heavy (non-hydrogen) atoms. The number of carbonyl (C=O) groups excluding carboxylic acids is 1. The Bertz CT molecular complexity index is 1030. The highest BCUT2D eigenvalue weighted by atomic mass is 32.2. The molecule has 1 heterocycles. The predicted octanol–water partition coefficient (Wildman–Crippen LogP) is 2.44. The Balaban J connectivity index is 2.03. The van der Waals surface area contributed by atoms with Crippen LogP contribution in [0.5, 0.6) is 0 Å². The standard InChI is InChI=1S/C17H15N3O3S/c1-11-15(20-24(22,23)14-5-3-2-4-6-14)8-7-12-9-13(17(18)21)10-19-16(11)12/h2-10,20H,1H3,(H2,18,21). The van der Waals surface area contributed by atoms with E-state index in [2.05, 4.69) is 9.71 Å². The molecule has 0 spiro atoms. The summed E-state index contributed by atoms with van der Waals surface area (Å²) >= 11 is 0. The van der Waals surface area contributed by atoms with Gasteiger partial charge in [-0.05, 0) is 36.8 Å². The van der Waals surface area contributed by atoms with Gasteiger partial charge in [-0.2, -0.15) is 0 Å². The predicted molar refractivity (Wildman–Crippen MR) is 92.2 cm³/mol. The maximum absolute atomic E-state index is 12.4. The van der Waals surface area contributed by atoms with Gasteiger partial charge in [-0.3, -0.25) is 14.5 Å². The number of hydrogen-bond acceptors (Lipinski definition) is 4. The molecule has 3 rings (SSSR count). The SMILES string of the molecule is Cc1c(NS(=O)(=O)c2ccccc2)ccc2cc(C(N)=O)cnc12. The summed E-state index contributed by atoms with van der Waals surface area (Å²) in [5.41, 5.74) is 7.27. The van der Waals surface area contributed by atoms with Crippen molar-refractivity contribution in [2.24, 2.45) is 5.73 Å². The third-order valence-corrected chi connectivity index (χ3v) is 5.07. The van der Waals surface area contributed by atoms with E-state index >= 15 is 0 Å². The van der Waals surface area contributed by atoms with Crippen molar-refractivity contribution in [1.82, 2.24) is 4.98 Å².